The monoisotopic (exact) mass is 564 g/mol. The minimum Gasteiger partial charge on any atom is -1.00 e. The van der Waals surface area contributed by atoms with Crippen LogP contribution in [0.5, 0.6) is 0 Å². The van der Waals surface area contributed by atoms with Crippen LogP contribution in [0.4, 0.5) is 0 Å². The molecule has 1 aliphatic rings. The van der Waals surface area contributed by atoms with Crippen LogP contribution in [0.1, 0.15) is 50.0 Å². The van der Waals surface area contributed by atoms with Crippen molar-refractivity contribution < 1.29 is 50.5 Å². The van der Waals surface area contributed by atoms with Gasteiger partial charge in [0.2, 0.25) is 0 Å². The number of amides is 1. The molecule has 0 fully saturated rings. The predicted molar refractivity (Wildman–Crippen MR) is 97.9 cm³/mol. The minimum absolute atomic E-state index is 0. The predicted octanol–water partition coefficient (Wildman–Crippen LogP) is -1.53. The fourth-order valence-electron chi connectivity index (χ4n) is 2.97. The van der Waals surface area contributed by atoms with E-state index in [1.54, 1.807) is 3.33 Å². The Morgan fingerprint density at radius 1 is 1.16 bits per heavy atom. The fourth-order valence-corrected chi connectivity index (χ4v) is 22.3. The molecule has 1 aliphatic carbocycles. The van der Waals surface area contributed by atoms with E-state index in [1.807, 2.05) is 18.2 Å². The number of carbonyl (C=O) groups is 1. The van der Waals surface area contributed by atoms with E-state index in [0.717, 1.165) is 17.5 Å². The van der Waals surface area contributed by atoms with Gasteiger partial charge in [-0.2, -0.15) is 0 Å². The average molecular weight is 564 g/mol. The van der Waals surface area contributed by atoms with Crippen molar-refractivity contribution in [3.8, 4) is 0 Å². The molecule has 0 atom stereocenters. The van der Waals surface area contributed by atoms with E-state index in [0.29, 0.717) is 0 Å². The second kappa shape index (κ2) is 10.2. The zero-order valence-electron chi connectivity index (χ0n) is 15.9. The Balaban J connectivity index is 0.00000288. The standard InChI is InChI=1S/C11H15NO.C6H7.C2H7Si.2ClH.Hf/c1-11(2,3)9-7-5-4-6-8(9)10(12)13;1-6-4-2-3-5-6;1-3-2;;;/h4-7H,1-3H3,(H2,12,13);4-5H,2H2,1H3;3H,1-2H3;2*1H;/q;;;;;+3/p-3. The molecule has 0 aliphatic heterocycles. The maximum Gasteiger partial charge on any atom is -1.00 e. The van der Waals surface area contributed by atoms with Gasteiger partial charge in [0.25, 0.3) is 0 Å². The van der Waals surface area contributed by atoms with Crippen LogP contribution in [0.2, 0.25) is 13.1 Å². The molecule has 0 bridgehead atoms. The molecule has 1 aromatic rings. The summed E-state index contributed by atoms with van der Waals surface area (Å²) in [4.78, 5) is 13.0. The van der Waals surface area contributed by atoms with Crippen LogP contribution in [-0.4, -0.2) is 11.9 Å². The van der Waals surface area contributed by atoms with Crippen molar-refractivity contribution in [2.75, 3.05) is 0 Å². The van der Waals surface area contributed by atoms with Crippen LogP contribution in [0, 0.1) is 0 Å². The van der Waals surface area contributed by atoms with Crippen molar-refractivity contribution in [3.63, 3.8) is 0 Å². The summed E-state index contributed by atoms with van der Waals surface area (Å²) in [5.74, 6) is -0.667. The van der Waals surface area contributed by atoms with Crippen molar-refractivity contribution in [1.29, 1.82) is 0 Å². The summed E-state index contributed by atoms with van der Waals surface area (Å²) in [5, 5.41) is 0. The zero-order valence-corrected chi connectivity index (χ0v) is 22.2. The molecule has 1 amide bonds. The Labute approximate surface area is 173 Å². The molecule has 0 saturated heterocycles. The molecule has 0 radical (unpaired) electrons. The van der Waals surface area contributed by atoms with Gasteiger partial charge in [-0.05, 0) is 0 Å². The van der Waals surface area contributed by atoms with E-state index < -0.39 is 26.9 Å². The van der Waals surface area contributed by atoms with Crippen molar-refractivity contribution in [2.24, 2.45) is 0 Å². The maximum atomic E-state index is 13.0. The first-order valence-corrected chi connectivity index (χ1v) is 21.1. The normalized spacial score (nSPS) is 13.4. The van der Waals surface area contributed by atoms with Gasteiger partial charge in [-0.15, -0.1) is 0 Å². The largest absolute Gasteiger partial charge is 1.00 e. The Morgan fingerprint density at radius 3 is 2.24 bits per heavy atom. The van der Waals surface area contributed by atoms with Gasteiger partial charge < -0.3 is 24.8 Å². The number of benzene rings is 1. The molecule has 25 heavy (non-hydrogen) atoms. The molecule has 137 valence electrons. The molecule has 0 spiro atoms. The summed E-state index contributed by atoms with van der Waals surface area (Å²) in [7, 11) is 0. The number of nitrogens with one attached hydrogen (secondary N) is 1. The first-order chi connectivity index (χ1) is 10.7. The molecule has 0 saturated carbocycles. The molecular weight excluding hydrogens is 536 g/mol. The molecule has 2 rings (SSSR count). The molecule has 2 nitrogen and oxygen atoms in total. The average Bonchev–Trinajstić information content (AvgIpc) is 2.89. The first-order valence-electron chi connectivity index (χ1n) is 8.35. The molecule has 0 aromatic heterocycles. The third kappa shape index (κ3) is 6.49. The van der Waals surface area contributed by atoms with Gasteiger partial charge in [0.1, 0.15) is 0 Å². The van der Waals surface area contributed by atoms with Gasteiger partial charge in [0.15, 0.2) is 0 Å². The summed E-state index contributed by atoms with van der Waals surface area (Å²) in [6.45, 7) is 13.5. The van der Waals surface area contributed by atoms with Crippen molar-refractivity contribution >= 4 is 11.9 Å². The summed E-state index contributed by atoms with van der Waals surface area (Å²) < 4.78 is 5.12. The quantitative estimate of drug-likeness (QED) is 0.443. The van der Waals surface area contributed by atoms with Crippen molar-refractivity contribution in [1.82, 2.24) is 3.30 Å². The van der Waals surface area contributed by atoms with Crippen LogP contribution in [0.15, 0.2) is 45.3 Å². The third-order valence-corrected chi connectivity index (χ3v) is 27.5. The van der Waals surface area contributed by atoms with E-state index in [1.165, 1.54) is 5.57 Å². The van der Waals surface area contributed by atoms with E-state index >= 15 is 0 Å². The van der Waals surface area contributed by atoms with E-state index in [-0.39, 0.29) is 36.1 Å². The van der Waals surface area contributed by atoms with Gasteiger partial charge in [-0.1, -0.05) is 0 Å². The number of rotatable bonds is 4. The van der Waals surface area contributed by atoms with Gasteiger partial charge in [0, 0.05) is 0 Å². The van der Waals surface area contributed by atoms with Crippen molar-refractivity contribution in [3.05, 3.63) is 56.4 Å². The van der Waals surface area contributed by atoms with Gasteiger partial charge in [-0.3, -0.25) is 0 Å². The third-order valence-electron chi connectivity index (χ3n) is 4.20. The van der Waals surface area contributed by atoms with Crippen molar-refractivity contribution in [2.45, 2.75) is 52.6 Å². The summed E-state index contributed by atoms with van der Waals surface area (Å²) >= 11 is -2.19. The van der Waals surface area contributed by atoms with Crippen LogP contribution in [-0.2, 0) is 26.3 Å². The number of allylic oxidation sites excluding steroid dienone is 4. The van der Waals surface area contributed by atoms with E-state index in [9.17, 15) is 4.79 Å². The van der Waals surface area contributed by atoms with Crippen LogP contribution >= 0.6 is 0 Å². The van der Waals surface area contributed by atoms with Crippen LogP contribution < -0.4 is 28.1 Å². The van der Waals surface area contributed by atoms with Crippen LogP contribution in [0.3, 0.4) is 0 Å². The number of halogens is 2. The fraction of sp³-hybridized carbons (Fsp3) is 0.421. The topological polar surface area (TPSA) is 29.1 Å². The SMILES string of the molecule is CC1=CC[C]([Hf+2]([NH]C(=O)c2ccccc2C(C)(C)C)[SiH](C)C)=C1.[Cl-].[Cl-]. The number of carbonyl (C=O) groups excluding carboxylic acids is 1. The second-order valence-electron chi connectivity index (χ2n) is 7.64. The van der Waals surface area contributed by atoms with E-state index in [2.05, 4.69) is 62.3 Å². The zero-order chi connectivity index (χ0) is 17.2. The van der Waals surface area contributed by atoms with E-state index in [4.69, 9.17) is 0 Å². The Hall–Kier alpha value is -0.163. The molecule has 0 unspecified atom stereocenters. The van der Waals surface area contributed by atoms with Gasteiger partial charge in [-0.25, -0.2) is 0 Å². The van der Waals surface area contributed by atoms with Crippen LogP contribution in [0.25, 0.3) is 0 Å². The molecular formula is C19H28Cl2HfNOSi. The minimum atomic E-state index is -2.19. The van der Waals surface area contributed by atoms with Gasteiger partial charge in [0.05, 0.1) is 0 Å². The number of hydrogen-bond acceptors (Lipinski definition) is 1. The van der Waals surface area contributed by atoms with Gasteiger partial charge >= 0.3 is 150 Å². The molecule has 1 aromatic carbocycles. The Bertz CT molecular complexity index is 666. The summed E-state index contributed by atoms with van der Waals surface area (Å²) in [5.41, 5.74) is 3.35. The summed E-state index contributed by atoms with van der Waals surface area (Å²) in [6.07, 6.45) is 5.71. The molecule has 1 N–H and O–H groups in total. The number of hydrogen-bond donors (Lipinski definition) is 1. The Kier molecular flexibility index (Phi) is 10.2. The summed E-state index contributed by atoms with van der Waals surface area (Å²) in [6, 6.07) is 8.07. The second-order valence-corrected chi connectivity index (χ2v) is 33.3. The first kappa shape index (κ1) is 24.8. The smallest absolute Gasteiger partial charge is 1.00 e. The molecule has 0 heterocycles. The Morgan fingerprint density at radius 2 is 1.76 bits per heavy atom. The maximum absolute atomic E-state index is 13.0. The molecule has 6 heteroatoms.